The number of hydrogen-bond acceptors (Lipinski definition) is 3. The maximum atomic E-state index is 5.86. The highest BCUT2D eigenvalue weighted by atomic mass is 15.1. The van der Waals surface area contributed by atoms with Crippen molar-refractivity contribution in [2.24, 2.45) is 5.92 Å². The van der Waals surface area contributed by atoms with Crippen LogP contribution in [0.25, 0.3) is 39.5 Å². The van der Waals surface area contributed by atoms with E-state index in [4.69, 9.17) is 10.7 Å². The molecule has 0 saturated heterocycles. The molecule has 6 rings (SSSR count). The summed E-state index contributed by atoms with van der Waals surface area (Å²) in [5.41, 5.74) is 14.0. The van der Waals surface area contributed by atoms with Gasteiger partial charge in [-0.05, 0) is 72.2 Å². The molecular weight excluding hydrogens is 418 g/mol. The molecule has 3 heterocycles. The molecule has 5 aromatic rings. The molecule has 0 atom stereocenters. The number of pyridine rings is 1. The van der Waals surface area contributed by atoms with Crippen LogP contribution >= 0.6 is 0 Å². The molecular formula is C29H29N5. The molecule has 5 heteroatoms. The molecule has 1 aliphatic carbocycles. The first kappa shape index (κ1) is 20.7. The van der Waals surface area contributed by atoms with E-state index in [1.54, 1.807) is 0 Å². The van der Waals surface area contributed by atoms with E-state index >= 15 is 0 Å². The quantitative estimate of drug-likeness (QED) is 0.318. The maximum Gasteiger partial charge on any atom is 0.158 e. The van der Waals surface area contributed by atoms with Gasteiger partial charge in [-0.1, -0.05) is 43.8 Å². The number of para-hydroxylation sites is 1. The second kappa shape index (κ2) is 8.17. The van der Waals surface area contributed by atoms with E-state index in [0.29, 0.717) is 12.4 Å². The van der Waals surface area contributed by atoms with Gasteiger partial charge < -0.3 is 14.9 Å². The van der Waals surface area contributed by atoms with E-state index in [1.807, 2.05) is 18.3 Å². The number of imidazole rings is 1. The van der Waals surface area contributed by atoms with Crippen molar-refractivity contribution in [2.45, 2.75) is 39.3 Å². The van der Waals surface area contributed by atoms with Gasteiger partial charge in [0.05, 0.1) is 23.3 Å². The van der Waals surface area contributed by atoms with E-state index in [0.717, 1.165) is 41.4 Å². The summed E-state index contributed by atoms with van der Waals surface area (Å²) in [5, 5.41) is 1.26. The Kier molecular flexibility index (Phi) is 4.98. The topological polar surface area (TPSA) is 61.7 Å². The lowest BCUT2D eigenvalue weighted by atomic mass is 10.1. The summed E-state index contributed by atoms with van der Waals surface area (Å²) in [7, 11) is 0. The van der Waals surface area contributed by atoms with Gasteiger partial charge in [-0.3, -0.25) is 0 Å². The lowest BCUT2D eigenvalue weighted by Crippen LogP contribution is -2.08. The van der Waals surface area contributed by atoms with Gasteiger partial charge in [0.1, 0.15) is 5.82 Å². The van der Waals surface area contributed by atoms with Gasteiger partial charge in [0, 0.05) is 23.6 Å². The molecule has 0 bridgehead atoms. The molecule has 0 spiro atoms. The third-order valence-corrected chi connectivity index (χ3v) is 6.93. The summed E-state index contributed by atoms with van der Waals surface area (Å²) < 4.78 is 4.85. The number of nitrogens with two attached hydrogens (primary N) is 1. The molecule has 34 heavy (non-hydrogen) atoms. The minimum Gasteiger partial charge on any atom is -0.384 e. The number of rotatable bonds is 7. The van der Waals surface area contributed by atoms with Gasteiger partial charge in [0.25, 0.3) is 0 Å². The zero-order valence-electron chi connectivity index (χ0n) is 19.5. The third-order valence-electron chi connectivity index (χ3n) is 6.93. The van der Waals surface area contributed by atoms with Crippen LogP contribution in [0.1, 0.15) is 36.5 Å². The van der Waals surface area contributed by atoms with Crippen molar-refractivity contribution in [1.29, 1.82) is 0 Å². The smallest absolute Gasteiger partial charge is 0.158 e. The molecule has 1 aliphatic rings. The van der Waals surface area contributed by atoms with E-state index < -0.39 is 0 Å². The van der Waals surface area contributed by atoms with E-state index in [1.165, 1.54) is 40.5 Å². The second-order valence-electron chi connectivity index (χ2n) is 9.36. The number of nitrogen functional groups attached to an aromatic ring is 1. The number of anilines is 1. The van der Waals surface area contributed by atoms with Crippen LogP contribution in [-0.4, -0.2) is 19.1 Å². The van der Waals surface area contributed by atoms with E-state index in [2.05, 4.69) is 76.2 Å². The van der Waals surface area contributed by atoms with Crippen molar-refractivity contribution in [2.75, 3.05) is 5.73 Å². The van der Waals surface area contributed by atoms with E-state index in [-0.39, 0.29) is 0 Å². The first-order valence-electron chi connectivity index (χ1n) is 12.1. The molecule has 2 aromatic carbocycles. The molecule has 3 aromatic heterocycles. The summed E-state index contributed by atoms with van der Waals surface area (Å²) in [6.45, 7) is 7.92. The fourth-order valence-corrected chi connectivity index (χ4v) is 4.98. The second-order valence-corrected chi connectivity index (χ2v) is 9.36. The maximum absolute atomic E-state index is 5.86. The third kappa shape index (κ3) is 3.58. The number of aryl methyl sites for hydroxylation is 1. The van der Waals surface area contributed by atoms with Gasteiger partial charge in [0.2, 0.25) is 0 Å². The zero-order valence-corrected chi connectivity index (χ0v) is 19.5. The minimum atomic E-state index is 0.536. The normalized spacial score (nSPS) is 13.7. The number of hydrogen-bond donors (Lipinski definition) is 1. The molecule has 1 fully saturated rings. The van der Waals surface area contributed by atoms with Gasteiger partial charge in [-0.2, -0.15) is 0 Å². The summed E-state index contributed by atoms with van der Waals surface area (Å²) >= 11 is 0. The Morgan fingerprint density at radius 2 is 1.94 bits per heavy atom. The first-order valence-corrected chi connectivity index (χ1v) is 12.1. The zero-order chi connectivity index (χ0) is 23.2. The number of benzene rings is 2. The van der Waals surface area contributed by atoms with Crippen LogP contribution < -0.4 is 5.73 Å². The predicted molar refractivity (Wildman–Crippen MR) is 141 cm³/mol. The highest BCUT2D eigenvalue weighted by molar-refractivity contribution is 5.90. The Morgan fingerprint density at radius 1 is 1.09 bits per heavy atom. The van der Waals surface area contributed by atoms with Gasteiger partial charge >= 0.3 is 0 Å². The van der Waals surface area contributed by atoms with Crippen LogP contribution in [0.3, 0.4) is 0 Å². The van der Waals surface area contributed by atoms with Crippen LogP contribution in [0.15, 0.2) is 67.4 Å². The fourth-order valence-electron chi connectivity index (χ4n) is 4.98. The number of nitrogens with zero attached hydrogens (tertiary/aromatic N) is 4. The van der Waals surface area contributed by atoms with Crippen LogP contribution in [0.4, 0.5) is 5.82 Å². The van der Waals surface area contributed by atoms with Crippen LogP contribution in [-0.2, 0) is 19.5 Å². The highest BCUT2D eigenvalue weighted by Gasteiger charge is 2.26. The van der Waals surface area contributed by atoms with Gasteiger partial charge in [-0.25, -0.2) is 9.97 Å². The SMILES string of the molecule is C=Cc1cc(CC)c2c(c1)nc(-c1cc3ccccc3n1CC1CC1)n2Cc1ccc(N)nc1. The average molecular weight is 448 g/mol. The molecule has 1 saturated carbocycles. The highest BCUT2D eigenvalue weighted by Crippen LogP contribution is 2.37. The lowest BCUT2D eigenvalue weighted by Gasteiger charge is -2.14. The Labute approximate surface area is 199 Å². The Bertz CT molecular complexity index is 1520. The summed E-state index contributed by atoms with van der Waals surface area (Å²) in [5.74, 6) is 2.29. The van der Waals surface area contributed by atoms with Gasteiger partial charge in [-0.15, -0.1) is 0 Å². The standard InChI is InChI=1S/C29H29N5/c1-3-19-13-22(4-2)28-24(14-19)32-29(34(28)18-21-11-12-27(30)31-16-21)26-15-23-7-5-6-8-25(23)33(26)17-20-9-10-20/h3,5-8,11-16,20H,1,4,9-10,17-18H2,2H3,(H2,30,31). The predicted octanol–water partition coefficient (Wildman–Crippen LogP) is 6.30. The molecule has 0 unspecified atom stereocenters. The van der Waals surface area contributed by atoms with Gasteiger partial charge in [0.15, 0.2) is 5.82 Å². The van der Waals surface area contributed by atoms with Crippen molar-refractivity contribution in [1.82, 2.24) is 19.1 Å². The number of fused-ring (bicyclic) bond motifs is 2. The Balaban J connectivity index is 1.62. The van der Waals surface area contributed by atoms with Crippen LogP contribution in [0.5, 0.6) is 0 Å². The Hall–Kier alpha value is -3.86. The average Bonchev–Trinajstić information content (AvgIpc) is 3.51. The fraction of sp³-hybridized carbons (Fsp3) is 0.241. The summed E-state index contributed by atoms with van der Waals surface area (Å²) in [6, 6.07) is 19.3. The van der Waals surface area contributed by atoms with Crippen molar-refractivity contribution in [3.8, 4) is 11.5 Å². The number of aromatic nitrogens is 4. The minimum absolute atomic E-state index is 0.536. The van der Waals surface area contributed by atoms with Crippen LogP contribution in [0.2, 0.25) is 0 Å². The molecule has 0 radical (unpaired) electrons. The van der Waals surface area contributed by atoms with E-state index in [9.17, 15) is 0 Å². The largest absolute Gasteiger partial charge is 0.384 e. The Morgan fingerprint density at radius 3 is 2.68 bits per heavy atom. The monoisotopic (exact) mass is 447 g/mol. The molecule has 5 nitrogen and oxygen atoms in total. The van der Waals surface area contributed by atoms with Crippen molar-refractivity contribution in [3.05, 3.63) is 84.1 Å². The van der Waals surface area contributed by atoms with Crippen molar-refractivity contribution >= 4 is 33.8 Å². The first-order chi connectivity index (χ1) is 16.6. The summed E-state index contributed by atoms with van der Waals surface area (Å²) in [6.07, 6.45) is 7.32. The lowest BCUT2D eigenvalue weighted by molar-refractivity contribution is 0.647. The molecule has 2 N–H and O–H groups in total. The van der Waals surface area contributed by atoms with Crippen molar-refractivity contribution in [3.63, 3.8) is 0 Å². The van der Waals surface area contributed by atoms with Crippen LogP contribution in [0, 0.1) is 5.92 Å². The molecule has 170 valence electrons. The molecule has 0 aliphatic heterocycles. The molecule has 0 amide bonds. The van der Waals surface area contributed by atoms with Crippen molar-refractivity contribution < 1.29 is 0 Å². The summed E-state index contributed by atoms with van der Waals surface area (Å²) in [4.78, 5) is 9.58.